The number of amides is 3. The molecular weight excluding hydrogens is 556 g/mol. The maximum absolute atomic E-state index is 12.7. The van der Waals surface area contributed by atoms with E-state index >= 15 is 0 Å². The second-order valence-electron chi connectivity index (χ2n) is 12.1. The molecule has 0 aromatic carbocycles. The lowest BCUT2D eigenvalue weighted by atomic mass is 9.86. The van der Waals surface area contributed by atoms with Gasteiger partial charge in [-0.05, 0) is 58.1 Å². The Morgan fingerprint density at radius 3 is 2.26 bits per heavy atom. The van der Waals surface area contributed by atoms with Gasteiger partial charge in [0.25, 0.3) is 0 Å². The number of likely N-dealkylation sites (tertiary alicyclic amines) is 1. The van der Waals surface area contributed by atoms with Gasteiger partial charge in [-0.1, -0.05) is 6.07 Å². The molecule has 1 aromatic heterocycles. The fourth-order valence-electron chi connectivity index (χ4n) is 5.35. The molecule has 2 atom stereocenters. The van der Waals surface area contributed by atoms with E-state index in [-0.39, 0.29) is 54.5 Å². The molecule has 12 nitrogen and oxygen atoms in total. The van der Waals surface area contributed by atoms with Gasteiger partial charge in [-0.25, -0.2) is 0 Å². The summed E-state index contributed by atoms with van der Waals surface area (Å²) in [5.74, 6) is -1.01. The zero-order valence-electron chi connectivity index (χ0n) is 26.0. The predicted molar refractivity (Wildman–Crippen MR) is 158 cm³/mol. The summed E-state index contributed by atoms with van der Waals surface area (Å²) in [5.41, 5.74) is 0.359. The third-order valence-electron chi connectivity index (χ3n) is 7.54. The van der Waals surface area contributed by atoms with Crippen molar-refractivity contribution in [2.45, 2.75) is 77.0 Å². The first-order chi connectivity index (χ1) is 20.5. The van der Waals surface area contributed by atoms with Gasteiger partial charge in [0.2, 0.25) is 17.7 Å². The van der Waals surface area contributed by atoms with Crippen LogP contribution in [0.25, 0.3) is 0 Å². The van der Waals surface area contributed by atoms with Crippen LogP contribution < -0.4 is 10.6 Å². The van der Waals surface area contributed by atoms with Crippen LogP contribution in [0, 0.1) is 11.8 Å². The summed E-state index contributed by atoms with van der Waals surface area (Å²) >= 11 is 0. The fraction of sp³-hybridized carbons (Fsp3) is 0.710. The Labute approximate surface area is 254 Å². The fourth-order valence-corrected chi connectivity index (χ4v) is 5.35. The number of hydrogen-bond donors (Lipinski definition) is 2. The van der Waals surface area contributed by atoms with Gasteiger partial charge in [0, 0.05) is 44.9 Å². The van der Waals surface area contributed by atoms with Gasteiger partial charge in [-0.2, -0.15) is 0 Å². The maximum atomic E-state index is 12.7. The van der Waals surface area contributed by atoms with Gasteiger partial charge in [0.1, 0.15) is 5.60 Å². The highest BCUT2D eigenvalue weighted by Crippen LogP contribution is 2.36. The van der Waals surface area contributed by atoms with Crippen LogP contribution >= 0.6 is 0 Å². The average molecular weight is 605 g/mol. The smallest absolute Gasteiger partial charge is 0.309 e. The number of carbonyl (C=O) groups excluding carboxylic acids is 4. The van der Waals surface area contributed by atoms with Crippen LogP contribution in [0.1, 0.15) is 70.9 Å². The summed E-state index contributed by atoms with van der Waals surface area (Å²) in [6.07, 6.45) is 6.77. The summed E-state index contributed by atoms with van der Waals surface area (Å²) in [4.78, 5) is 55.2. The van der Waals surface area contributed by atoms with E-state index in [1.54, 1.807) is 30.4 Å². The molecule has 1 aliphatic heterocycles. The number of carbonyl (C=O) groups is 4. The Balaban J connectivity index is 1.14. The molecule has 0 radical (unpaired) electrons. The number of nitrogens with one attached hydrogen (secondary N) is 2. The molecule has 1 saturated heterocycles. The van der Waals surface area contributed by atoms with E-state index in [4.69, 9.17) is 18.9 Å². The molecule has 0 spiro atoms. The van der Waals surface area contributed by atoms with Crippen molar-refractivity contribution in [1.29, 1.82) is 0 Å². The van der Waals surface area contributed by atoms with Crippen LogP contribution in [0.5, 0.6) is 0 Å². The van der Waals surface area contributed by atoms with Crippen molar-refractivity contribution in [2.75, 3.05) is 53.2 Å². The van der Waals surface area contributed by atoms with Gasteiger partial charge in [-0.15, -0.1) is 0 Å². The van der Waals surface area contributed by atoms with E-state index in [0.29, 0.717) is 46.2 Å². The number of ether oxygens (including phenoxy) is 4. The zero-order chi connectivity index (χ0) is 31.2. The number of esters is 1. The molecule has 0 unspecified atom stereocenters. The Hall–Kier alpha value is -3.09. The molecule has 2 aliphatic rings. The highest BCUT2D eigenvalue weighted by Gasteiger charge is 2.42. The van der Waals surface area contributed by atoms with Crippen molar-refractivity contribution < 1.29 is 38.1 Å². The van der Waals surface area contributed by atoms with Crippen molar-refractivity contribution in [3.8, 4) is 0 Å². The largest absolute Gasteiger partial charge is 0.460 e. The van der Waals surface area contributed by atoms with Crippen molar-refractivity contribution in [3.63, 3.8) is 0 Å². The molecule has 1 aromatic rings. The summed E-state index contributed by atoms with van der Waals surface area (Å²) in [5, 5.41) is 5.90. The second-order valence-corrected chi connectivity index (χ2v) is 12.1. The van der Waals surface area contributed by atoms with Gasteiger partial charge in [-0.3, -0.25) is 24.2 Å². The van der Waals surface area contributed by atoms with Crippen molar-refractivity contribution >= 4 is 23.7 Å². The molecule has 43 heavy (non-hydrogen) atoms. The summed E-state index contributed by atoms with van der Waals surface area (Å²) in [7, 11) is 1.71. The summed E-state index contributed by atoms with van der Waals surface area (Å²) < 4.78 is 22.0. The Kier molecular flexibility index (Phi) is 13.8. The number of aromatic nitrogens is 1. The van der Waals surface area contributed by atoms with Crippen LogP contribution in [0.2, 0.25) is 0 Å². The minimum atomic E-state index is -0.481. The van der Waals surface area contributed by atoms with Crippen molar-refractivity contribution in [2.24, 2.45) is 11.8 Å². The Bertz CT molecular complexity index is 1040. The molecule has 2 fully saturated rings. The summed E-state index contributed by atoms with van der Waals surface area (Å²) in [6.45, 7) is 8.09. The molecule has 3 rings (SSSR count). The maximum Gasteiger partial charge on any atom is 0.309 e. The highest BCUT2D eigenvalue weighted by atomic mass is 16.6. The van der Waals surface area contributed by atoms with E-state index in [0.717, 1.165) is 31.2 Å². The third kappa shape index (κ3) is 11.8. The molecule has 2 N–H and O–H groups in total. The van der Waals surface area contributed by atoms with Crippen molar-refractivity contribution in [1.82, 2.24) is 20.5 Å². The van der Waals surface area contributed by atoms with Gasteiger partial charge >= 0.3 is 5.97 Å². The van der Waals surface area contributed by atoms with Gasteiger partial charge in [0.05, 0.1) is 57.5 Å². The molecule has 0 bridgehead atoms. The van der Waals surface area contributed by atoms with Crippen LogP contribution in [-0.2, 0) is 38.1 Å². The van der Waals surface area contributed by atoms with Gasteiger partial charge < -0.3 is 34.5 Å². The third-order valence-corrected chi connectivity index (χ3v) is 7.54. The zero-order valence-corrected chi connectivity index (χ0v) is 26.0. The van der Waals surface area contributed by atoms with Crippen LogP contribution in [0.3, 0.4) is 0 Å². The quantitative estimate of drug-likeness (QED) is 0.214. The minimum Gasteiger partial charge on any atom is -0.460 e. The van der Waals surface area contributed by atoms with Crippen LogP contribution in [-0.4, -0.2) is 98.5 Å². The van der Waals surface area contributed by atoms with Gasteiger partial charge in [0.15, 0.2) is 0 Å². The molecule has 2 heterocycles. The molecule has 1 saturated carbocycles. The lowest BCUT2D eigenvalue weighted by Gasteiger charge is -2.30. The van der Waals surface area contributed by atoms with Crippen LogP contribution in [0.4, 0.5) is 0 Å². The molecule has 3 amide bonds. The Morgan fingerprint density at radius 1 is 0.977 bits per heavy atom. The van der Waals surface area contributed by atoms with E-state index in [9.17, 15) is 19.2 Å². The number of rotatable bonds is 16. The summed E-state index contributed by atoms with van der Waals surface area (Å²) in [6, 6.07) is 3.43. The molecular formula is C31H48N4O8. The molecule has 1 aliphatic carbocycles. The molecule has 12 heteroatoms. The van der Waals surface area contributed by atoms with Crippen molar-refractivity contribution in [3.05, 3.63) is 30.1 Å². The topological polar surface area (TPSA) is 145 Å². The lowest BCUT2D eigenvalue weighted by molar-refractivity contribution is -0.161. The highest BCUT2D eigenvalue weighted by molar-refractivity contribution is 5.90. The first-order valence-corrected chi connectivity index (χ1v) is 15.2. The molecule has 240 valence electrons. The predicted octanol–water partition coefficient (Wildman–Crippen LogP) is 2.17. The van der Waals surface area contributed by atoms with E-state index < -0.39 is 11.5 Å². The normalized spacial score (nSPS) is 22.3. The number of nitrogens with zero attached hydrogens (tertiary/aromatic N) is 2. The second kappa shape index (κ2) is 17.3. The number of pyridine rings is 1. The minimum absolute atomic E-state index is 0.0544. The van der Waals surface area contributed by atoms with E-state index in [1.165, 1.54) is 0 Å². The average Bonchev–Trinajstić information content (AvgIpc) is 3.27. The first-order valence-electron chi connectivity index (χ1n) is 15.2. The lowest BCUT2D eigenvalue weighted by Crippen LogP contribution is -2.40. The number of hydrogen-bond acceptors (Lipinski definition) is 9. The van der Waals surface area contributed by atoms with E-state index in [1.807, 2.05) is 26.8 Å². The first kappa shape index (κ1) is 34.4. The van der Waals surface area contributed by atoms with E-state index in [2.05, 4.69) is 15.6 Å². The van der Waals surface area contributed by atoms with Crippen LogP contribution in [0.15, 0.2) is 24.5 Å². The monoisotopic (exact) mass is 604 g/mol. The Morgan fingerprint density at radius 2 is 1.63 bits per heavy atom. The SMILES string of the molecule is CN1C(=O)C[C@H](C(=O)NCCOCCOCCOCCC(=O)N[C@H]2CC[C@@H](C(=O)OC(C)(C)C)CC2)[C@H]1c1cccnc1. The standard InChI is InChI=1S/C31H48N4O8/c1-31(2,3)43-30(39)22-7-9-24(10-8-22)34-26(36)11-14-40-16-18-42-19-17-41-15-13-33-29(38)25-20-27(37)35(4)28(25)23-6-5-12-32-21-23/h5-6,12,21-22,24-25,28H,7-11,13-20H2,1-4H3,(H,33,38)(H,34,36)/t22-,24+,25-,28+/m0/s1.